The second kappa shape index (κ2) is 7.99. The lowest BCUT2D eigenvalue weighted by molar-refractivity contribution is -0.134. The van der Waals surface area contributed by atoms with Gasteiger partial charge in [0.25, 0.3) is 0 Å². The standard InChI is InChI=1S/C22H24N6O3/c29-20(15-1-2-15)28-9-7-27(8-10-28)13-14-5-6-23-19(11-14)26-22-24-17-4-3-16(21(30)31)12-18(17)25-22/h3-6,11-12,15H,1-2,7-10,13H2,(H,30,31)(H2,23,24,25,26). The van der Waals surface area contributed by atoms with Gasteiger partial charge in [-0.1, -0.05) is 0 Å². The van der Waals surface area contributed by atoms with E-state index in [1.165, 1.54) is 6.07 Å². The van der Waals surface area contributed by atoms with Gasteiger partial charge in [-0.2, -0.15) is 0 Å². The van der Waals surface area contributed by atoms with Crippen molar-refractivity contribution in [2.75, 3.05) is 31.5 Å². The number of amides is 1. The second-order valence-electron chi connectivity index (χ2n) is 8.17. The highest BCUT2D eigenvalue weighted by Gasteiger charge is 2.34. The van der Waals surface area contributed by atoms with Crippen molar-refractivity contribution in [1.82, 2.24) is 24.8 Å². The van der Waals surface area contributed by atoms with Gasteiger partial charge in [0.2, 0.25) is 11.9 Å². The Kier molecular flexibility index (Phi) is 5.03. The van der Waals surface area contributed by atoms with Crippen molar-refractivity contribution in [3.05, 3.63) is 47.7 Å². The quantitative estimate of drug-likeness (QED) is 0.561. The Balaban J connectivity index is 1.22. The third kappa shape index (κ3) is 4.36. The molecule has 0 bridgehead atoms. The third-order valence-electron chi connectivity index (χ3n) is 5.82. The number of nitrogens with one attached hydrogen (secondary N) is 2. The van der Waals surface area contributed by atoms with Crippen LogP contribution in [0.15, 0.2) is 36.5 Å². The SMILES string of the molecule is O=C(O)c1ccc2nc(Nc3cc(CN4CCN(C(=O)C5CC5)CC4)ccn3)[nH]c2c1. The molecule has 1 saturated heterocycles. The predicted octanol–water partition coefficient (Wildman–Crippen LogP) is 2.45. The lowest BCUT2D eigenvalue weighted by atomic mass is 10.2. The van der Waals surface area contributed by atoms with E-state index in [4.69, 9.17) is 5.11 Å². The molecular formula is C22H24N6O3. The van der Waals surface area contributed by atoms with Gasteiger partial charge in [-0.3, -0.25) is 9.69 Å². The fourth-order valence-corrected chi connectivity index (χ4v) is 3.94. The normalized spacial score (nSPS) is 17.1. The van der Waals surface area contributed by atoms with Crippen molar-refractivity contribution >= 4 is 34.7 Å². The highest BCUT2D eigenvalue weighted by atomic mass is 16.4. The van der Waals surface area contributed by atoms with E-state index in [1.807, 2.05) is 17.0 Å². The number of rotatable bonds is 6. The molecule has 1 saturated carbocycles. The zero-order valence-electron chi connectivity index (χ0n) is 17.0. The highest BCUT2D eigenvalue weighted by Crippen LogP contribution is 2.31. The Labute approximate surface area is 179 Å². The van der Waals surface area contributed by atoms with Crippen LogP contribution in [-0.2, 0) is 11.3 Å². The Morgan fingerprint density at radius 1 is 1.13 bits per heavy atom. The minimum atomic E-state index is -0.974. The maximum Gasteiger partial charge on any atom is 0.335 e. The predicted molar refractivity (Wildman–Crippen MR) is 115 cm³/mol. The fraction of sp³-hybridized carbons (Fsp3) is 0.364. The summed E-state index contributed by atoms with van der Waals surface area (Å²) in [7, 11) is 0. The second-order valence-corrected chi connectivity index (χ2v) is 8.17. The zero-order valence-corrected chi connectivity index (χ0v) is 17.0. The van der Waals surface area contributed by atoms with Gasteiger partial charge in [-0.05, 0) is 48.7 Å². The average molecular weight is 420 g/mol. The fourth-order valence-electron chi connectivity index (χ4n) is 3.94. The van der Waals surface area contributed by atoms with Gasteiger partial charge in [0.05, 0.1) is 16.6 Å². The number of aromatic amines is 1. The molecule has 1 aromatic carbocycles. The van der Waals surface area contributed by atoms with Crippen LogP contribution >= 0.6 is 0 Å². The largest absolute Gasteiger partial charge is 0.478 e. The first-order chi connectivity index (χ1) is 15.0. The van der Waals surface area contributed by atoms with Crippen LogP contribution in [0.5, 0.6) is 0 Å². The molecule has 3 aromatic rings. The summed E-state index contributed by atoms with van der Waals surface area (Å²) in [6.45, 7) is 4.13. The van der Waals surface area contributed by atoms with E-state index in [0.29, 0.717) is 28.7 Å². The van der Waals surface area contributed by atoms with Crippen LogP contribution < -0.4 is 5.32 Å². The summed E-state index contributed by atoms with van der Waals surface area (Å²) in [6.07, 6.45) is 3.87. The van der Waals surface area contributed by atoms with Crippen LogP contribution in [-0.4, -0.2) is 67.9 Å². The first-order valence-electron chi connectivity index (χ1n) is 10.5. The number of anilines is 2. The third-order valence-corrected chi connectivity index (χ3v) is 5.82. The molecule has 2 aliphatic rings. The number of nitrogens with zero attached hydrogens (tertiary/aromatic N) is 4. The van der Waals surface area contributed by atoms with Gasteiger partial charge in [0, 0.05) is 44.8 Å². The van der Waals surface area contributed by atoms with Gasteiger partial charge in [-0.15, -0.1) is 0 Å². The molecule has 3 heterocycles. The molecule has 160 valence electrons. The Morgan fingerprint density at radius 2 is 1.94 bits per heavy atom. The molecule has 9 heteroatoms. The van der Waals surface area contributed by atoms with E-state index in [2.05, 4.69) is 25.2 Å². The molecule has 5 rings (SSSR count). The van der Waals surface area contributed by atoms with Gasteiger partial charge in [0.1, 0.15) is 5.82 Å². The number of H-pyrrole nitrogens is 1. The summed E-state index contributed by atoms with van der Waals surface area (Å²) in [4.78, 5) is 39.6. The van der Waals surface area contributed by atoms with E-state index in [0.717, 1.165) is 51.1 Å². The Morgan fingerprint density at radius 3 is 2.68 bits per heavy atom. The number of carboxylic acid groups (broad SMARTS) is 1. The first-order valence-corrected chi connectivity index (χ1v) is 10.5. The summed E-state index contributed by atoms with van der Waals surface area (Å²) < 4.78 is 0. The number of piperazine rings is 1. The maximum absolute atomic E-state index is 12.2. The van der Waals surface area contributed by atoms with Gasteiger partial charge >= 0.3 is 5.97 Å². The molecule has 31 heavy (non-hydrogen) atoms. The van der Waals surface area contributed by atoms with Crippen molar-refractivity contribution in [2.24, 2.45) is 5.92 Å². The number of hydrogen-bond donors (Lipinski definition) is 3. The van der Waals surface area contributed by atoms with Crippen LogP contribution in [0.4, 0.5) is 11.8 Å². The maximum atomic E-state index is 12.2. The van der Waals surface area contributed by atoms with Crippen LogP contribution in [0.3, 0.4) is 0 Å². The number of aromatic carboxylic acids is 1. The molecule has 1 aliphatic heterocycles. The van der Waals surface area contributed by atoms with Crippen LogP contribution in [0.1, 0.15) is 28.8 Å². The monoisotopic (exact) mass is 420 g/mol. The topological polar surface area (TPSA) is 114 Å². The molecule has 1 aliphatic carbocycles. The van der Waals surface area contributed by atoms with Gasteiger partial charge in [-0.25, -0.2) is 14.8 Å². The van der Waals surface area contributed by atoms with E-state index in [9.17, 15) is 9.59 Å². The average Bonchev–Trinajstić information content (AvgIpc) is 3.54. The summed E-state index contributed by atoms with van der Waals surface area (Å²) in [6, 6.07) is 8.75. The molecule has 9 nitrogen and oxygen atoms in total. The number of hydrogen-bond acceptors (Lipinski definition) is 6. The summed E-state index contributed by atoms with van der Waals surface area (Å²) in [5, 5.41) is 12.3. The lowest BCUT2D eigenvalue weighted by Crippen LogP contribution is -2.48. The molecule has 1 amide bonds. The number of pyridine rings is 1. The lowest BCUT2D eigenvalue weighted by Gasteiger charge is -2.34. The van der Waals surface area contributed by atoms with Crippen LogP contribution in [0.2, 0.25) is 0 Å². The van der Waals surface area contributed by atoms with Crippen molar-refractivity contribution in [1.29, 1.82) is 0 Å². The molecular weight excluding hydrogens is 396 g/mol. The zero-order chi connectivity index (χ0) is 21.4. The van der Waals surface area contributed by atoms with E-state index < -0.39 is 5.97 Å². The minimum Gasteiger partial charge on any atom is -0.478 e. The Hall–Kier alpha value is -3.46. The highest BCUT2D eigenvalue weighted by molar-refractivity contribution is 5.92. The molecule has 3 N–H and O–H groups in total. The van der Waals surface area contributed by atoms with Gasteiger partial charge < -0.3 is 20.3 Å². The molecule has 0 spiro atoms. The molecule has 0 radical (unpaired) electrons. The molecule has 0 unspecified atom stereocenters. The number of aromatic nitrogens is 3. The minimum absolute atomic E-state index is 0.210. The van der Waals surface area contributed by atoms with Crippen molar-refractivity contribution in [3.63, 3.8) is 0 Å². The summed E-state index contributed by atoms with van der Waals surface area (Å²) >= 11 is 0. The Bertz CT molecular complexity index is 1130. The van der Waals surface area contributed by atoms with E-state index in [-0.39, 0.29) is 11.5 Å². The van der Waals surface area contributed by atoms with Gasteiger partial charge in [0.15, 0.2) is 0 Å². The summed E-state index contributed by atoms with van der Waals surface area (Å²) in [5.41, 5.74) is 2.67. The number of carboxylic acids is 1. The first kappa shape index (κ1) is 19.5. The number of imidazole rings is 1. The number of fused-ring (bicyclic) bond motifs is 1. The molecule has 0 atom stereocenters. The number of benzene rings is 1. The van der Waals surface area contributed by atoms with Crippen LogP contribution in [0.25, 0.3) is 11.0 Å². The smallest absolute Gasteiger partial charge is 0.335 e. The van der Waals surface area contributed by atoms with Crippen molar-refractivity contribution < 1.29 is 14.7 Å². The van der Waals surface area contributed by atoms with E-state index >= 15 is 0 Å². The van der Waals surface area contributed by atoms with Crippen molar-refractivity contribution in [3.8, 4) is 0 Å². The van der Waals surface area contributed by atoms with E-state index in [1.54, 1.807) is 18.3 Å². The number of carbonyl (C=O) groups excluding carboxylic acids is 1. The molecule has 2 aromatic heterocycles. The van der Waals surface area contributed by atoms with Crippen molar-refractivity contribution in [2.45, 2.75) is 19.4 Å². The number of carbonyl (C=O) groups is 2. The molecule has 2 fully saturated rings. The summed E-state index contributed by atoms with van der Waals surface area (Å²) in [5.74, 6) is 0.816. The van der Waals surface area contributed by atoms with Crippen LogP contribution in [0, 0.1) is 5.92 Å².